The Kier molecular flexibility index (Phi) is 9.54. The van der Waals surface area contributed by atoms with Gasteiger partial charge in [-0.25, -0.2) is 0 Å². The summed E-state index contributed by atoms with van der Waals surface area (Å²) in [5.41, 5.74) is 3.51. The standard InChI is InChI=1S/C20H37N5O.HI/c1-7-21-19(22-13-20(5)11-9-8-10-18(20)26)23-14(2)12-17-15(3)24-25(6)16(17)4;/h14,18,26H,7-13H2,1-6H3,(H2,21,22,23);1H. The van der Waals surface area contributed by atoms with Crippen LogP contribution in [0.2, 0.25) is 0 Å². The predicted molar refractivity (Wildman–Crippen MR) is 123 cm³/mol. The van der Waals surface area contributed by atoms with Gasteiger partial charge in [0.1, 0.15) is 0 Å². The van der Waals surface area contributed by atoms with E-state index in [9.17, 15) is 5.11 Å². The lowest BCUT2D eigenvalue weighted by Crippen LogP contribution is -2.45. The van der Waals surface area contributed by atoms with E-state index in [1.54, 1.807) is 0 Å². The van der Waals surface area contributed by atoms with Crippen molar-refractivity contribution < 1.29 is 5.11 Å². The highest BCUT2D eigenvalue weighted by molar-refractivity contribution is 14.0. The highest BCUT2D eigenvalue weighted by Gasteiger charge is 2.35. The van der Waals surface area contributed by atoms with Crippen LogP contribution in [0.4, 0.5) is 0 Å². The van der Waals surface area contributed by atoms with Crippen molar-refractivity contribution in [3.05, 3.63) is 17.0 Å². The molecule has 6 nitrogen and oxygen atoms in total. The van der Waals surface area contributed by atoms with Crippen molar-refractivity contribution >= 4 is 29.9 Å². The van der Waals surface area contributed by atoms with Gasteiger partial charge in [0.25, 0.3) is 0 Å². The van der Waals surface area contributed by atoms with Crippen LogP contribution in [-0.4, -0.2) is 46.1 Å². The number of aromatic nitrogens is 2. The molecule has 1 saturated carbocycles. The molecule has 1 aromatic rings. The van der Waals surface area contributed by atoms with Gasteiger partial charge in [-0.05, 0) is 52.5 Å². The average molecular weight is 491 g/mol. The van der Waals surface area contributed by atoms with Crippen LogP contribution in [-0.2, 0) is 13.5 Å². The lowest BCUT2D eigenvalue weighted by Gasteiger charge is -2.37. The van der Waals surface area contributed by atoms with E-state index in [0.717, 1.165) is 43.9 Å². The number of aliphatic hydroxyl groups is 1. The first kappa shape index (κ1) is 24.2. The highest BCUT2D eigenvalue weighted by Crippen LogP contribution is 2.36. The topological polar surface area (TPSA) is 74.5 Å². The molecule has 1 heterocycles. The Hall–Kier alpha value is -0.830. The van der Waals surface area contributed by atoms with E-state index in [1.165, 1.54) is 17.7 Å². The SMILES string of the molecule is CCNC(=NCC1(C)CCCCC1O)NC(C)Cc1c(C)nn(C)c1C.I. The number of aryl methyl sites for hydroxylation is 2. The monoisotopic (exact) mass is 491 g/mol. The number of hydrogen-bond donors (Lipinski definition) is 3. The van der Waals surface area contributed by atoms with Gasteiger partial charge >= 0.3 is 0 Å². The van der Waals surface area contributed by atoms with Gasteiger partial charge < -0.3 is 15.7 Å². The van der Waals surface area contributed by atoms with E-state index < -0.39 is 0 Å². The van der Waals surface area contributed by atoms with Crippen molar-refractivity contribution in [2.75, 3.05) is 13.1 Å². The summed E-state index contributed by atoms with van der Waals surface area (Å²) in [6, 6.07) is 0.249. The summed E-state index contributed by atoms with van der Waals surface area (Å²) in [5.74, 6) is 0.832. The first-order chi connectivity index (χ1) is 12.3. The van der Waals surface area contributed by atoms with Gasteiger partial charge in [-0.15, -0.1) is 24.0 Å². The minimum atomic E-state index is -0.249. The maximum atomic E-state index is 10.4. The van der Waals surface area contributed by atoms with Crippen LogP contribution in [0.15, 0.2) is 4.99 Å². The van der Waals surface area contributed by atoms with Crippen molar-refractivity contribution in [3.63, 3.8) is 0 Å². The number of nitrogens with one attached hydrogen (secondary N) is 2. The van der Waals surface area contributed by atoms with E-state index in [1.807, 2.05) is 11.7 Å². The average Bonchev–Trinajstić information content (AvgIpc) is 2.82. The summed E-state index contributed by atoms with van der Waals surface area (Å²) >= 11 is 0. The normalized spacial score (nSPS) is 24.3. The largest absolute Gasteiger partial charge is 0.392 e. The second kappa shape index (κ2) is 10.6. The number of rotatable bonds is 6. The molecule has 3 N–H and O–H groups in total. The fourth-order valence-electron chi connectivity index (χ4n) is 3.85. The van der Waals surface area contributed by atoms with Crippen LogP contribution in [0.5, 0.6) is 0 Å². The molecule has 1 aliphatic rings. The van der Waals surface area contributed by atoms with Crippen molar-refractivity contribution in [1.29, 1.82) is 0 Å². The number of halogens is 1. The minimum Gasteiger partial charge on any atom is -0.392 e. The summed E-state index contributed by atoms with van der Waals surface area (Å²) in [4.78, 5) is 4.80. The maximum Gasteiger partial charge on any atom is 0.191 e. The molecule has 27 heavy (non-hydrogen) atoms. The minimum absolute atomic E-state index is 0. The molecule has 0 spiro atoms. The molecule has 1 aliphatic carbocycles. The predicted octanol–water partition coefficient (Wildman–Crippen LogP) is 3.08. The zero-order chi connectivity index (χ0) is 19.3. The molecule has 3 atom stereocenters. The molecule has 1 fully saturated rings. The Morgan fingerprint density at radius 2 is 2.11 bits per heavy atom. The van der Waals surface area contributed by atoms with Crippen LogP contribution in [0.1, 0.15) is 63.4 Å². The number of guanidine groups is 1. The van der Waals surface area contributed by atoms with Crippen LogP contribution < -0.4 is 10.6 Å². The third-order valence-corrected chi connectivity index (χ3v) is 5.77. The molecule has 0 radical (unpaired) electrons. The van der Waals surface area contributed by atoms with Gasteiger partial charge in [0.15, 0.2) is 5.96 Å². The van der Waals surface area contributed by atoms with Crippen LogP contribution in [0, 0.1) is 19.3 Å². The molecule has 2 rings (SSSR count). The van der Waals surface area contributed by atoms with Crippen LogP contribution >= 0.6 is 24.0 Å². The number of aliphatic hydroxyl groups excluding tert-OH is 1. The van der Waals surface area contributed by atoms with E-state index >= 15 is 0 Å². The van der Waals surface area contributed by atoms with Crippen LogP contribution in [0.3, 0.4) is 0 Å². The second-order valence-electron chi connectivity index (χ2n) is 8.13. The lowest BCUT2D eigenvalue weighted by atomic mass is 9.73. The van der Waals surface area contributed by atoms with Crippen molar-refractivity contribution in [3.8, 4) is 0 Å². The molecular formula is C20H38IN5O. The van der Waals surface area contributed by atoms with Gasteiger partial charge in [-0.3, -0.25) is 9.67 Å². The summed E-state index contributed by atoms with van der Waals surface area (Å²) in [6.07, 6.45) is 4.91. The van der Waals surface area contributed by atoms with Gasteiger partial charge in [0.05, 0.1) is 18.3 Å². The molecule has 7 heteroatoms. The lowest BCUT2D eigenvalue weighted by molar-refractivity contribution is 0.00716. The first-order valence-corrected chi connectivity index (χ1v) is 9.98. The molecule has 0 saturated heterocycles. The molecule has 1 aromatic heterocycles. The van der Waals surface area contributed by atoms with Crippen LogP contribution in [0.25, 0.3) is 0 Å². The van der Waals surface area contributed by atoms with E-state index in [0.29, 0.717) is 6.54 Å². The smallest absolute Gasteiger partial charge is 0.191 e. The fraction of sp³-hybridized carbons (Fsp3) is 0.800. The zero-order valence-corrected chi connectivity index (χ0v) is 20.1. The Morgan fingerprint density at radius 3 is 2.67 bits per heavy atom. The third-order valence-electron chi connectivity index (χ3n) is 5.77. The van der Waals surface area contributed by atoms with Crippen molar-refractivity contribution in [1.82, 2.24) is 20.4 Å². The van der Waals surface area contributed by atoms with E-state index in [-0.39, 0.29) is 41.5 Å². The second-order valence-corrected chi connectivity index (χ2v) is 8.13. The highest BCUT2D eigenvalue weighted by atomic mass is 127. The van der Waals surface area contributed by atoms with Crippen molar-refractivity contribution in [2.45, 2.75) is 78.9 Å². The summed E-state index contributed by atoms with van der Waals surface area (Å²) in [5, 5.41) is 21.8. The van der Waals surface area contributed by atoms with Gasteiger partial charge in [-0.1, -0.05) is 19.8 Å². The molecule has 0 aliphatic heterocycles. The fourth-order valence-corrected chi connectivity index (χ4v) is 3.85. The van der Waals surface area contributed by atoms with E-state index in [2.05, 4.69) is 50.4 Å². The summed E-state index contributed by atoms with van der Waals surface area (Å²) in [6.45, 7) is 12.1. The maximum absolute atomic E-state index is 10.4. The summed E-state index contributed by atoms with van der Waals surface area (Å²) in [7, 11) is 1.99. The van der Waals surface area contributed by atoms with Gasteiger partial charge in [0.2, 0.25) is 0 Å². The Morgan fingerprint density at radius 1 is 1.41 bits per heavy atom. The zero-order valence-electron chi connectivity index (χ0n) is 17.8. The summed E-state index contributed by atoms with van der Waals surface area (Å²) < 4.78 is 1.95. The molecular weight excluding hydrogens is 453 g/mol. The third kappa shape index (κ3) is 6.34. The van der Waals surface area contributed by atoms with Gasteiger partial charge in [-0.2, -0.15) is 5.10 Å². The molecule has 156 valence electrons. The Bertz CT molecular complexity index is 630. The number of aliphatic imine (C=N–C) groups is 1. The van der Waals surface area contributed by atoms with Crippen molar-refractivity contribution in [2.24, 2.45) is 17.5 Å². The quantitative estimate of drug-likeness (QED) is 0.325. The number of hydrogen-bond acceptors (Lipinski definition) is 3. The molecule has 0 bridgehead atoms. The van der Waals surface area contributed by atoms with Gasteiger partial charge in [0, 0.05) is 30.7 Å². The van der Waals surface area contributed by atoms with E-state index in [4.69, 9.17) is 4.99 Å². The Labute approximate surface area is 181 Å². The number of nitrogens with zero attached hydrogens (tertiary/aromatic N) is 3. The molecule has 0 amide bonds. The first-order valence-electron chi connectivity index (χ1n) is 9.98. The Balaban J connectivity index is 0.00000364. The molecule has 3 unspecified atom stereocenters. The molecule has 0 aromatic carbocycles.